The van der Waals surface area contributed by atoms with Gasteiger partial charge in [-0.2, -0.15) is 0 Å². The average Bonchev–Trinajstić information content (AvgIpc) is 3.72. The summed E-state index contributed by atoms with van der Waals surface area (Å²) >= 11 is 1.74. The highest BCUT2D eigenvalue weighted by Gasteiger charge is 2.52. The summed E-state index contributed by atoms with van der Waals surface area (Å²) in [6, 6.07) is 37.1. The minimum Gasteiger partial charge on any atom is -0.456 e. The molecule has 1 saturated heterocycles. The van der Waals surface area contributed by atoms with E-state index in [1.165, 1.54) is 0 Å². The molecule has 0 aliphatic carbocycles. The molecule has 0 amide bonds. The summed E-state index contributed by atoms with van der Waals surface area (Å²) in [5.74, 6) is 1.83. The van der Waals surface area contributed by atoms with Crippen molar-refractivity contribution in [1.82, 2.24) is 15.0 Å². The van der Waals surface area contributed by atoms with Crippen LogP contribution in [0.3, 0.4) is 0 Å². The molecule has 1 fully saturated rings. The Kier molecular flexibility index (Phi) is 6.22. The Morgan fingerprint density at radius 1 is 0.574 bits per heavy atom. The van der Waals surface area contributed by atoms with Gasteiger partial charge in [0.25, 0.3) is 0 Å². The standard InChI is InChI=1S/C39H30BN3O3S/c1-38(2)39(3,4)46-40(45-38)29-17-11-19-32-33(29)27-15-10-16-28(34(27)47-32)37-42-35(23-12-6-5-7-13-23)41-36(43-37)24-20-21-26-25-14-8-9-18-30(25)44-31(26)22-24/h5-22H,1-4H3. The molecule has 8 aromatic rings. The molecule has 5 aromatic carbocycles. The number of rotatable bonds is 4. The molecule has 0 N–H and O–H groups in total. The van der Waals surface area contributed by atoms with Crippen molar-refractivity contribution in [3.63, 3.8) is 0 Å². The summed E-state index contributed by atoms with van der Waals surface area (Å²) in [6.07, 6.45) is 0. The fourth-order valence-corrected chi connectivity index (χ4v) is 7.67. The zero-order valence-corrected chi connectivity index (χ0v) is 27.3. The van der Waals surface area contributed by atoms with Gasteiger partial charge in [-0.1, -0.05) is 78.9 Å². The molecule has 0 spiro atoms. The van der Waals surface area contributed by atoms with Gasteiger partial charge in [0.15, 0.2) is 17.5 Å². The number of nitrogens with zero attached hydrogens (tertiary/aromatic N) is 3. The Morgan fingerprint density at radius 3 is 2.04 bits per heavy atom. The Hall–Kier alpha value is -4.89. The maximum atomic E-state index is 6.51. The number of para-hydroxylation sites is 1. The van der Waals surface area contributed by atoms with Crippen molar-refractivity contribution in [2.75, 3.05) is 0 Å². The minimum absolute atomic E-state index is 0.433. The van der Waals surface area contributed by atoms with Gasteiger partial charge in [0.1, 0.15) is 11.2 Å². The molecule has 3 aromatic heterocycles. The van der Waals surface area contributed by atoms with E-state index in [-0.39, 0.29) is 0 Å². The minimum atomic E-state index is -0.466. The Bertz CT molecular complexity index is 2490. The summed E-state index contributed by atoms with van der Waals surface area (Å²) < 4.78 is 21.5. The van der Waals surface area contributed by atoms with E-state index in [4.69, 9.17) is 28.7 Å². The number of benzene rings is 5. The van der Waals surface area contributed by atoms with Crippen LogP contribution in [-0.4, -0.2) is 33.3 Å². The molecular formula is C39H30BN3O3S. The fourth-order valence-electron chi connectivity index (χ4n) is 6.42. The molecule has 1 aliphatic rings. The van der Waals surface area contributed by atoms with E-state index in [2.05, 4.69) is 82.3 Å². The molecule has 1 aliphatic heterocycles. The first kappa shape index (κ1) is 28.3. The fraction of sp³-hybridized carbons (Fsp3) is 0.154. The number of aromatic nitrogens is 3. The molecular weight excluding hydrogens is 601 g/mol. The monoisotopic (exact) mass is 631 g/mol. The van der Waals surface area contributed by atoms with Crippen molar-refractivity contribution in [1.29, 1.82) is 0 Å². The third-order valence-corrected chi connectivity index (χ3v) is 10.8. The Morgan fingerprint density at radius 2 is 1.23 bits per heavy atom. The van der Waals surface area contributed by atoms with E-state index in [0.717, 1.165) is 64.3 Å². The van der Waals surface area contributed by atoms with Crippen molar-refractivity contribution in [3.05, 3.63) is 109 Å². The van der Waals surface area contributed by atoms with Gasteiger partial charge in [-0.05, 0) is 63.5 Å². The number of thiophene rings is 1. The lowest BCUT2D eigenvalue weighted by Gasteiger charge is -2.32. The van der Waals surface area contributed by atoms with E-state index in [9.17, 15) is 0 Å². The van der Waals surface area contributed by atoms with Crippen LogP contribution in [-0.2, 0) is 9.31 Å². The van der Waals surface area contributed by atoms with Crippen molar-refractivity contribution in [2.24, 2.45) is 0 Å². The molecule has 0 saturated carbocycles. The maximum absolute atomic E-state index is 6.51. The lowest BCUT2D eigenvalue weighted by molar-refractivity contribution is 0.00578. The van der Waals surface area contributed by atoms with Crippen LogP contribution in [0.25, 0.3) is 76.3 Å². The third-order valence-electron chi connectivity index (χ3n) is 9.61. The van der Waals surface area contributed by atoms with Gasteiger partial charge >= 0.3 is 7.12 Å². The van der Waals surface area contributed by atoms with Crippen LogP contribution < -0.4 is 5.46 Å². The molecule has 0 unspecified atom stereocenters. The summed E-state index contributed by atoms with van der Waals surface area (Å²) in [5.41, 5.74) is 4.57. The smallest absolute Gasteiger partial charge is 0.456 e. The quantitative estimate of drug-likeness (QED) is 0.180. The van der Waals surface area contributed by atoms with Crippen LogP contribution >= 0.6 is 11.3 Å². The van der Waals surface area contributed by atoms with Gasteiger partial charge in [-0.25, -0.2) is 15.0 Å². The van der Waals surface area contributed by atoms with Gasteiger partial charge in [0, 0.05) is 47.6 Å². The van der Waals surface area contributed by atoms with Crippen LogP contribution in [0.4, 0.5) is 0 Å². The van der Waals surface area contributed by atoms with Gasteiger partial charge in [0.2, 0.25) is 0 Å². The van der Waals surface area contributed by atoms with Gasteiger partial charge in [-0.15, -0.1) is 11.3 Å². The topological polar surface area (TPSA) is 70.3 Å². The Labute approximate surface area is 276 Å². The predicted octanol–water partition coefficient (Wildman–Crippen LogP) is 9.44. The molecule has 9 rings (SSSR count). The van der Waals surface area contributed by atoms with Crippen LogP contribution in [0.2, 0.25) is 0 Å². The highest BCUT2D eigenvalue weighted by molar-refractivity contribution is 7.26. The highest BCUT2D eigenvalue weighted by Crippen LogP contribution is 2.42. The maximum Gasteiger partial charge on any atom is 0.495 e. The normalized spacial score (nSPS) is 15.8. The number of hydrogen-bond acceptors (Lipinski definition) is 7. The first-order valence-corrected chi connectivity index (χ1v) is 16.6. The highest BCUT2D eigenvalue weighted by atomic mass is 32.1. The SMILES string of the molecule is CC1(C)OB(c2cccc3sc4c(-c5nc(-c6ccccc6)nc(-c6ccc7c(c6)oc6ccccc67)n5)cccc4c23)OC1(C)C. The van der Waals surface area contributed by atoms with Gasteiger partial charge < -0.3 is 13.7 Å². The van der Waals surface area contributed by atoms with Crippen LogP contribution in [0.1, 0.15) is 27.7 Å². The third kappa shape index (κ3) is 4.51. The summed E-state index contributed by atoms with van der Waals surface area (Å²) in [6.45, 7) is 8.36. The van der Waals surface area contributed by atoms with Crippen LogP contribution in [0.5, 0.6) is 0 Å². The molecule has 8 heteroatoms. The van der Waals surface area contributed by atoms with E-state index >= 15 is 0 Å². The zero-order valence-electron chi connectivity index (χ0n) is 26.4. The second kappa shape index (κ2) is 10.3. The molecule has 6 nitrogen and oxygen atoms in total. The van der Waals surface area contributed by atoms with Crippen molar-refractivity contribution >= 4 is 66.0 Å². The van der Waals surface area contributed by atoms with Crippen LogP contribution in [0, 0.1) is 0 Å². The van der Waals surface area contributed by atoms with E-state index in [0.29, 0.717) is 17.5 Å². The Balaban J connectivity index is 1.23. The second-order valence-electron chi connectivity index (χ2n) is 13.1. The molecule has 228 valence electrons. The number of fused-ring (bicyclic) bond motifs is 6. The lowest BCUT2D eigenvalue weighted by atomic mass is 9.76. The van der Waals surface area contributed by atoms with Crippen molar-refractivity contribution < 1.29 is 13.7 Å². The summed E-state index contributed by atoms with van der Waals surface area (Å²) in [7, 11) is -0.466. The van der Waals surface area contributed by atoms with Gasteiger partial charge in [0.05, 0.1) is 11.2 Å². The zero-order chi connectivity index (χ0) is 31.9. The first-order valence-electron chi connectivity index (χ1n) is 15.8. The largest absolute Gasteiger partial charge is 0.495 e. The number of furan rings is 1. The van der Waals surface area contributed by atoms with Crippen molar-refractivity contribution in [3.8, 4) is 34.2 Å². The molecule has 4 heterocycles. The van der Waals surface area contributed by atoms with Gasteiger partial charge in [-0.3, -0.25) is 0 Å². The molecule has 47 heavy (non-hydrogen) atoms. The van der Waals surface area contributed by atoms with Crippen LogP contribution in [0.15, 0.2) is 114 Å². The first-order chi connectivity index (χ1) is 22.8. The average molecular weight is 632 g/mol. The lowest BCUT2D eigenvalue weighted by Crippen LogP contribution is -2.41. The summed E-state index contributed by atoms with van der Waals surface area (Å²) in [4.78, 5) is 15.2. The molecule has 0 bridgehead atoms. The van der Waals surface area contributed by atoms with E-state index in [1.807, 2.05) is 54.6 Å². The van der Waals surface area contributed by atoms with E-state index < -0.39 is 18.3 Å². The number of hydrogen-bond donors (Lipinski definition) is 0. The molecule has 0 radical (unpaired) electrons. The van der Waals surface area contributed by atoms with Crippen molar-refractivity contribution in [2.45, 2.75) is 38.9 Å². The molecule has 0 atom stereocenters. The van der Waals surface area contributed by atoms with E-state index in [1.54, 1.807) is 11.3 Å². The second-order valence-corrected chi connectivity index (χ2v) is 14.1. The predicted molar refractivity (Wildman–Crippen MR) is 192 cm³/mol. The summed E-state index contributed by atoms with van der Waals surface area (Å²) in [5, 5.41) is 4.42.